The number of hydrogen-bond donors (Lipinski definition) is 3. The van der Waals surface area contributed by atoms with Gasteiger partial charge in [-0.3, -0.25) is 9.59 Å². The highest BCUT2D eigenvalue weighted by atomic mass is 19.1. The van der Waals surface area contributed by atoms with Crippen molar-refractivity contribution in [3.63, 3.8) is 0 Å². The van der Waals surface area contributed by atoms with Crippen LogP contribution in [0.5, 0.6) is 0 Å². The van der Waals surface area contributed by atoms with Crippen molar-refractivity contribution >= 4 is 17.5 Å². The molecular weight excluding hydrogens is 323 g/mol. The third-order valence-corrected chi connectivity index (χ3v) is 3.41. The summed E-state index contributed by atoms with van der Waals surface area (Å²) < 4.78 is 13.2. The molecule has 6 heteroatoms. The first-order valence-corrected chi connectivity index (χ1v) is 7.55. The summed E-state index contributed by atoms with van der Waals surface area (Å²) in [5.41, 5.74) is 0.856. The Morgan fingerprint density at radius 1 is 1.20 bits per heavy atom. The average molecular weight is 340 g/mol. The molecule has 0 saturated carbocycles. The van der Waals surface area contributed by atoms with E-state index in [1.54, 1.807) is 24.3 Å². The molecule has 1 unspecified atom stereocenters. The Morgan fingerprint density at radius 2 is 1.96 bits per heavy atom. The Labute approximate surface area is 144 Å². The summed E-state index contributed by atoms with van der Waals surface area (Å²) >= 11 is 0. The Bertz CT molecular complexity index is 814. The fraction of sp³-hybridized carbons (Fsp3) is 0.158. The van der Waals surface area contributed by atoms with Crippen LogP contribution in [-0.2, 0) is 4.79 Å². The number of anilines is 1. The van der Waals surface area contributed by atoms with Gasteiger partial charge in [-0.1, -0.05) is 30.2 Å². The molecular formula is C19H17FN2O3. The van der Waals surface area contributed by atoms with E-state index in [4.69, 9.17) is 6.42 Å². The van der Waals surface area contributed by atoms with Crippen molar-refractivity contribution in [3.8, 4) is 12.3 Å². The summed E-state index contributed by atoms with van der Waals surface area (Å²) in [7, 11) is 0. The molecule has 0 spiro atoms. The van der Waals surface area contributed by atoms with Crippen molar-refractivity contribution < 1.29 is 19.1 Å². The summed E-state index contributed by atoms with van der Waals surface area (Å²) in [5.74, 6) is 0.879. The van der Waals surface area contributed by atoms with E-state index in [2.05, 4.69) is 16.6 Å². The lowest BCUT2D eigenvalue weighted by Crippen LogP contribution is -2.25. The predicted molar refractivity (Wildman–Crippen MR) is 92.2 cm³/mol. The maximum absolute atomic E-state index is 13.2. The molecule has 2 amide bonds. The van der Waals surface area contributed by atoms with E-state index >= 15 is 0 Å². The number of carbonyl (C=O) groups is 2. The molecule has 0 saturated heterocycles. The van der Waals surface area contributed by atoms with Gasteiger partial charge in [-0.15, -0.1) is 6.42 Å². The van der Waals surface area contributed by atoms with Crippen LogP contribution in [-0.4, -0.2) is 23.5 Å². The van der Waals surface area contributed by atoms with E-state index in [9.17, 15) is 19.1 Å². The zero-order valence-electron chi connectivity index (χ0n) is 13.3. The normalized spacial score (nSPS) is 11.2. The van der Waals surface area contributed by atoms with Crippen molar-refractivity contribution in [2.24, 2.45) is 0 Å². The topological polar surface area (TPSA) is 78.4 Å². The van der Waals surface area contributed by atoms with Gasteiger partial charge < -0.3 is 15.7 Å². The second-order valence-corrected chi connectivity index (χ2v) is 5.26. The molecule has 0 aliphatic carbocycles. The summed E-state index contributed by atoms with van der Waals surface area (Å²) in [6.45, 7) is 0.0688. The highest BCUT2D eigenvalue weighted by Crippen LogP contribution is 2.20. The zero-order valence-corrected chi connectivity index (χ0v) is 13.3. The van der Waals surface area contributed by atoms with Crippen LogP contribution in [0.2, 0.25) is 0 Å². The third-order valence-electron chi connectivity index (χ3n) is 3.41. The Hall–Kier alpha value is -3.17. The van der Waals surface area contributed by atoms with Crippen molar-refractivity contribution in [1.82, 2.24) is 5.32 Å². The molecule has 5 nitrogen and oxygen atoms in total. The van der Waals surface area contributed by atoms with E-state index < -0.39 is 23.7 Å². The second kappa shape index (κ2) is 8.62. The Balaban J connectivity index is 2.06. The predicted octanol–water partition coefficient (Wildman–Crippen LogP) is 2.25. The zero-order chi connectivity index (χ0) is 18.2. The van der Waals surface area contributed by atoms with Gasteiger partial charge in [-0.25, -0.2) is 4.39 Å². The molecule has 0 fully saturated rings. The van der Waals surface area contributed by atoms with Crippen molar-refractivity contribution in [1.29, 1.82) is 0 Å². The average Bonchev–Trinajstić information content (AvgIpc) is 2.60. The standard InChI is InChI=1S/C19H17FN2O3/c1-2-10-21-19(25)15-8-3-4-9-16(15)22-18(24)12-17(23)13-6-5-7-14(20)11-13/h1,3-9,11,17,23H,10,12H2,(H,21,25)(H,22,24). The lowest BCUT2D eigenvalue weighted by atomic mass is 10.1. The van der Waals surface area contributed by atoms with Crippen molar-refractivity contribution in [3.05, 3.63) is 65.5 Å². The van der Waals surface area contributed by atoms with Gasteiger partial charge in [0.1, 0.15) is 5.82 Å². The Morgan fingerprint density at radius 3 is 2.68 bits per heavy atom. The molecule has 128 valence electrons. The quantitative estimate of drug-likeness (QED) is 0.706. The van der Waals surface area contributed by atoms with E-state index in [0.717, 1.165) is 0 Å². The number of nitrogens with one attached hydrogen (secondary N) is 2. The van der Waals surface area contributed by atoms with Crippen LogP contribution in [0.25, 0.3) is 0 Å². The number of halogens is 1. The van der Waals surface area contributed by atoms with Crippen LogP contribution >= 0.6 is 0 Å². The van der Waals surface area contributed by atoms with Crippen molar-refractivity contribution in [2.45, 2.75) is 12.5 Å². The highest BCUT2D eigenvalue weighted by Gasteiger charge is 2.16. The van der Waals surface area contributed by atoms with Gasteiger partial charge in [0, 0.05) is 0 Å². The van der Waals surface area contributed by atoms with Gasteiger partial charge in [0.25, 0.3) is 5.91 Å². The lowest BCUT2D eigenvalue weighted by Gasteiger charge is -2.13. The molecule has 0 bridgehead atoms. The van der Waals surface area contributed by atoms with E-state index in [0.29, 0.717) is 11.3 Å². The van der Waals surface area contributed by atoms with E-state index in [-0.39, 0.29) is 18.5 Å². The van der Waals surface area contributed by atoms with Crippen LogP contribution in [0.4, 0.5) is 10.1 Å². The first kappa shape index (κ1) is 18.2. The number of hydrogen-bond acceptors (Lipinski definition) is 3. The smallest absolute Gasteiger partial charge is 0.254 e. The minimum Gasteiger partial charge on any atom is -0.388 e. The molecule has 3 N–H and O–H groups in total. The maximum atomic E-state index is 13.2. The van der Waals surface area contributed by atoms with Gasteiger partial charge in [-0.05, 0) is 29.8 Å². The molecule has 0 aliphatic rings. The Kier molecular flexibility index (Phi) is 6.26. The fourth-order valence-electron chi connectivity index (χ4n) is 2.23. The van der Waals surface area contributed by atoms with E-state index in [1.807, 2.05) is 0 Å². The number of rotatable bonds is 6. The van der Waals surface area contributed by atoms with Gasteiger partial charge in [0.2, 0.25) is 5.91 Å². The summed E-state index contributed by atoms with van der Waals surface area (Å²) in [5, 5.41) is 15.2. The lowest BCUT2D eigenvalue weighted by molar-refractivity contribution is -0.118. The molecule has 2 rings (SSSR count). The van der Waals surface area contributed by atoms with E-state index in [1.165, 1.54) is 24.3 Å². The SMILES string of the molecule is C#CCNC(=O)c1ccccc1NC(=O)CC(O)c1cccc(F)c1. The van der Waals surface area contributed by atoms with Gasteiger partial charge in [0.05, 0.1) is 30.3 Å². The van der Waals surface area contributed by atoms with Crippen LogP contribution < -0.4 is 10.6 Å². The molecule has 2 aromatic rings. The van der Waals surface area contributed by atoms with Crippen molar-refractivity contribution in [2.75, 3.05) is 11.9 Å². The first-order chi connectivity index (χ1) is 12.0. The number of aliphatic hydroxyl groups is 1. The third kappa shape index (κ3) is 5.16. The maximum Gasteiger partial charge on any atom is 0.254 e. The first-order valence-electron chi connectivity index (χ1n) is 7.55. The molecule has 2 aromatic carbocycles. The van der Waals surface area contributed by atoms with Gasteiger partial charge >= 0.3 is 0 Å². The number of carbonyl (C=O) groups excluding carboxylic acids is 2. The highest BCUT2D eigenvalue weighted by molar-refractivity contribution is 6.03. The largest absolute Gasteiger partial charge is 0.388 e. The number of amides is 2. The van der Waals surface area contributed by atoms with Crippen LogP contribution in [0.3, 0.4) is 0 Å². The number of terminal acetylenes is 1. The second-order valence-electron chi connectivity index (χ2n) is 5.26. The molecule has 0 radical (unpaired) electrons. The van der Waals surface area contributed by atoms with Crippen LogP contribution in [0.15, 0.2) is 48.5 Å². The molecule has 0 aromatic heterocycles. The summed E-state index contributed by atoms with van der Waals surface area (Å²) in [4.78, 5) is 24.2. The van der Waals surface area contributed by atoms with Gasteiger partial charge in [-0.2, -0.15) is 0 Å². The van der Waals surface area contributed by atoms with Gasteiger partial charge in [0.15, 0.2) is 0 Å². The summed E-state index contributed by atoms with van der Waals surface area (Å²) in [6.07, 6.45) is 3.68. The monoisotopic (exact) mass is 340 g/mol. The van der Waals surface area contributed by atoms with Crippen LogP contribution in [0.1, 0.15) is 28.4 Å². The molecule has 0 heterocycles. The molecule has 1 atom stereocenters. The minimum absolute atomic E-state index is 0.0688. The summed E-state index contributed by atoms with van der Waals surface area (Å²) in [6, 6.07) is 11.8. The fourth-order valence-corrected chi connectivity index (χ4v) is 2.23. The number of para-hydroxylation sites is 1. The van der Waals surface area contributed by atoms with Crippen LogP contribution in [0, 0.1) is 18.2 Å². The number of benzene rings is 2. The molecule has 0 aliphatic heterocycles. The minimum atomic E-state index is -1.15. The number of aliphatic hydroxyl groups excluding tert-OH is 1. The molecule has 25 heavy (non-hydrogen) atoms.